The Morgan fingerprint density at radius 3 is 2.80 bits per heavy atom. The number of amides is 1. The molecular weight excluding hydrogens is 256 g/mol. The molecule has 0 fully saturated rings. The van der Waals surface area contributed by atoms with Crippen LogP contribution in [0.3, 0.4) is 0 Å². The van der Waals surface area contributed by atoms with Gasteiger partial charge in [0.15, 0.2) is 0 Å². The number of nitrogens with zero attached hydrogens (tertiary/aromatic N) is 1. The van der Waals surface area contributed by atoms with Crippen LogP contribution in [0.1, 0.15) is 23.0 Å². The van der Waals surface area contributed by atoms with E-state index in [4.69, 9.17) is 14.9 Å². The minimum Gasteiger partial charge on any atom is -0.495 e. The Morgan fingerprint density at radius 2 is 2.20 bits per heavy atom. The third-order valence-electron chi connectivity index (χ3n) is 3.08. The molecule has 0 spiro atoms. The number of nitrogens with two attached hydrogens (primary N) is 1. The van der Waals surface area contributed by atoms with E-state index in [1.807, 2.05) is 13.0 Å². The largest absolute Gasteiger partial charge is 0.495 e. The molecule has 0 radical (unpaired) electrons. The summed E-state index contributed by atoms with van der Waals surface area (Å²) < 4.78 is 10.4. The van der Waals surface area contributed by atoms with E-state index in [1.165, 1.54) is 7.11 Å². The van der Waals surface area contributed by atoms with E-state index in [0.717, 1.165) is 5.76 Å². The number of carbonyl (C=O) groups excluding carboxylic acids is 1. The fourth-order valence-electron chi connectivity index (χ4n) is 1.94. The molecule has 0 aliphatic rings. The Bertz CT molecular complexity index is 579. The number of methoxy groups -OCH3 is 1. The molecule has 0 unspecified atom stereocenters. The molecule has 1 aromatic heterocycles. The third-order valence-corrected chi connectivity index (χ3v) is 3.08. The third kappa shape index (κ3) is 2.93. The fraction of sp³-hybridized carbons (Fsp3) is 0.267. The quantitative estimate of drug-likeness (QED) is 0.851. The lowest BCUT2D eigenvalue weighted by Crippen LogP contribution is -2.30. The smallest absolute Gasteiger partial charge is 0.254 e. The van der Waals surface area contributed by atoms with Crippen molar-refractivity contribution in [3.63, 3.8) is 0 Å². The highest BCUT2D eigenvalue weighted by Crippen LogP contribution is 2.23. The van der Waals surface area contributed by atoms with Crippen molar-refractivity contribution in [2.75, 3.05) is 19.4 Å². The maximum atomic E-state index is 12.5. The van der Waals surface area contributed by atoms with Gasteiger partial charge in [0, 0.05) is 12.1 Å². The molecule has 2 rings (SSSR count). The van der Waals surface area contributed by atoms with Crippen molar-refractivity contribution in [1.29, 1.82) is 0 Å². The SMILES string of the molecule is CCN(Cc1ccco1)C(=O)c1ccc(N)c(OC)c1. The monoisotopic (exact) mass is 274 g/mol. The molecular formula is C15H18N2O3. The fourth-order valence-corrected chi connectivity index (χ4v) is 1.94. The molecule has 1 amide bonds. The van der Waals surface area contributed by atoms with Gasteiger partial charge in [-0.05, 0) is 37.3 Å². The van der Waals surface area contributed by atoms with E-state index >= 15 is 0 Å². The number of anilines is 1. The molecule has 0 bridgehead atoms. The van der Waals surface area contributed by atoms with Gasteiger partial charge in [0.1, 0.15) is 11.5 Å². The summed E-state index contributed by atoms with van der Waals surface area (Å²) in [7, 11) is 1.53. The molecule has 1 heterocycles. The van der Waals surface area contributed by atoms with Gasteiger partial charge in [-0.25, -0.2) is 0 Å². The summed E-state index contributed by atoms with van der Waals surface area (Å²) in [5.41, 5.74) is 6.81. The predicted octanol–water partition coefficient (Wildman–Crippen LogP) is 2.53. The van der Waals surface area contributed by atoms with Crippen molar-refractivity contribution < 1.29 is 13.9 Å². The first-order chi connectivity index (χ1) is 9.65. The number of furan rings is 1. The van der Waals surface area contributed by atoms with Crippen LogP contribution in [0.25, 0.3) is 0 Å². The second-order valence-corrected chi connectivity index (χ2v) is 4.36. The Labute approximate surface area is 117 Å². The summed E-state index contributed by atoms with van der Waals surface area (Å²) in [6, 6.07) is 8.68. The Morgan fingerprint density at radius 1 is 1.40 bits per heavy atom. The van der Waals surface area contributed by atoms with Gasteiger partial charge in [-0.2, -0.15) is 0 Å². The molecule has 1 aromatic carbocycles. The molecule has 20 heavy (non-hydrogen) atoms. The molecule has 0 aliphatic heterocycles. The average molecular weight is 274 g/mol. The van der Waals surface area contributed by atoms with E-state index in [-0.39, 0.29) is 5.91 Å². The van der Waals surface area contributed by atoms with E-state index in [0.29, 0.717) is 30.1 Å². The summed E-state index contributed by atoms with van der Waals surface area (Å²) in [5.74, 6) is 1.18. The zero-order valence-corrected chi connectivity index (χ0v) is 11.6. The van der Waals surface area contributed by atoms with Crippen LogP contribution in [0.15, 0.2) is 41.0 Å². The average Bonchev–Trinajstić information content (AvgIpc) is 2.97. The van der Waals surface area contributed by atoms with Crippen molar-refractivity contribution >= 4 is 11.6 Å². The summed E-state index contributed by atoms with van der Waals surface area (Å²) in [4.78, 5) is 14.2. The van der Waals surface area contributed by atoms with E-state index in [2.05, 4.69) is 0 Å². The summed E-state index contributed by atoms with van der Waals surface area (Å²) >= 11 is 0. The van der Waals surface area contributed by atoms with E-state index in [1.54, 1.807) is 35.4 Å². The zero-order valence-electron chi connectivity index (χ0n) is 11.6. The predicted molar refractivity (Wildman–Crippen MR) is 76.5 cm³/mol. The van der Waals surface area contributed by atoms with Crippen LogP contribution in [-0.2, 0) is 6.54 Å². The number of benzene rings is 1. The lowest BCUT2D eigenvalue weighted by atomic mass is 10.1. The second kappa shape index (κ2) is 6.14. The Kier molecular flexibility index (Phi) is 4.30. The first-order valence-corrected chi connectivity index (χ1v) is 6.41. The van der Waals surface area contributed by atoms with Crippen molar-refractivity contribution in [2.45, 2.75) is 13.5 Å². The van der Waals surface area contributed by atoms with Crippen LogP contribution < -0.4 is 10.5 Å². The summed E-state index contributed by atoms with van der Waals surface area (Å²) in [5, 5.41) is 0. The van der Waals surface area contributed by atoms with Gasteiger partial charge in [0.05, 0.1) is 25.6 Å². The maximum Gasteiger partial charge on any atom is 0.254 e. The highest BCUT2D eigenvalue weighted by Gasteiger charge is 2.17. The zero-order chi connectivity index (χ0) is 14.5. The van der Waals surface area contributed by atoms with Crippen LogP contribution in [0, 0.1) is 0 Å². The van der Waals surface area contributed by atoms with E-state index < -0.39 is 0 Å². The molecule has 0 saturated heterocycles. The van der Waals surface area contributed by atoms with Gasteiger partial charge in [0.25, 0.3) is 5.91 Å². The maximum absolute atomic E-state index is 12.5. The standard InChI is InChI=1S/C15H18N2O3/c1-3-17(10-12-5-4-8-20-12)15(18)11-6-7-13(16)14(9-11)19-2/h4-9H,3,10,16H2,1-2H3. The lowest BCUT2D eigenvalue weighted by molar-refractivity contribution is 0.0741. The number of ether oxygens (including phenoxy) is 1. The first-order valence-electron chi connectivity index (χ1n) is 6.41. The normalized spacial score (nSPS) is 10.3. The summed E-state index contributed by atoms with van der Waals surface area (Å²) in [6.07, 6.45) is 1.60. The van der Waals surface area contributed by atoms with Crippen LogP contribution in [-0.4, -0.2) is 24.5 Å². The van der Waals surface area contributed by atoms with Crippen molar-refractivity contribution in [2.24, 2.45) is 0 Å². The van der Waals surface area contributed by atoms with Gasteiger partial charge in [-0.3, -0.25) is 4.79 Å². The topological polar surface area (TPSA) is 68.7 Å². The van der Waals surface area contributed by atoms with Crippen molar-refractivity contribution in [3.05, 3.63) is 47.9 Å². The van der Waals surface area contributed by atoms with Crippen LogP contribution in [0.2, 0.25) is 0 Å². The summed E-state index contributed by atoms with van der Waals surface area (Å²) in [6.45, 7) is 2.95. The number of hydrogen-bond acceptors (Lipinski definition) is 4. The van der Waals surface area contributed by atoms with Gasteiger partial charge < -0.3 is 19.8 Å². The molecule has 2 aromatic rings. The number of nitrogen functional groups attached to an aromatic ring is 1. The van der Waals surface area contributed by atoms with Crippen LogP contribution in [0.5, 0.6) is 5.75 Å². The lowest BCUT2D eigenvalue weighted by Gasteiger charge is -2.20. The minimum atomic E-state index is -0.0813. The number of rotatable bonds is 5. The molecule has 5 heteroatoms. The van der Waals surface area contributed by atoms with Crippen molar-refractivity contribution in [1.82, 2.24) is 4.90 Å². The Balaban J connectivity index is 2.19. The molecule has 0 atom stereocenters. The van der Waals surface area contributed by atoms with Gasteiger partial charge in [-0.15, -0.1) is 0 Å². The van der Waals surface area contributed by atoms with E-state index in [9.17, 15) is 4.79 Å². The molecule has 5 nitrogen and oxygen atoms in total. The minimum absolute atomic E-state index is 0.0813. The van der Waals surface area contributed by atoms with Gasteiger partial charge >= 0.3 is 0 Å². The number of carbonyl (C=O) groups is 1. The molecule has 2 N–H and O–H groups in total. The molecule has 106 valence electrons. The van der Waals surface area contributed by atoms with Gasteiger partial charge in [0.2, 0.25) is 0 Å². The van der Waals surface area contributed by atoms with Crippen LogP contribution >= 0.6 is 0 Å². The first kappa shape index (κ1) is 14.0. The van der Waals surface area contributed by atoms with Gasteiger partial charge in [-0.1, -0.05) is 0 Å². The van der Waals surface area contributed by atoms with Crippen molar-refractivity contribution in [3.8, 4) is 5.75 Å². The second-order valence-electron chi connectivity index (χ2n) is 4.36. The molecule has 0 saturated carbocycles. The van der Waals surface area contributed by atoms with Crippen LogP contribution in [0.4, 0.5) is 5.69 Å². The Hall–Kier alpha value is -2.43. The molecule has 0 aliphatic carbocycles. The highest BCUT2D eigenvalue weighted by atomic mass is 16.5. The number of hydrogen-bond donors (Lipinski definition) is 1. The highest BCUT2D eigenvalue weighted by molar-refractivity contribution is 5.95.